The SMILES string of the molecule is CC(O)(Cc1ccco1)c1ccc(C#N)cc1. The van der Waals surface area contributed by atoms with Crippen molar-refractivity contribution in [2.75, 3.05) is 0 Å². The lowest BCUT2D eigenvalue weighted by atomic mass is 9.91. The van der Waals surface area contributed by atoms with Crippen molar-refractivity contribution >= 4 is 0 Å². The Balaban J connectivity index is 2.22. The van der Waals surface area contributed by atoms with Crippen molar-refractivity contribution in [1.29, 1.82) is 5.26 Å². The van der Waals surface area contributed by atoms with Crippen LogP contribution in [0, 0.1) is 11.3 Å². The number of benzene rings is 1. The average Bonchev–Trinajstić information content (AvgIpc) is 2.81. The van der Waals surface area contributed by atoms with Crippen molar-refractivity contribution in [3.63, 3.8) is 0 Å². The van der Waals surface area contributed by atoms with Crippen molar-refractivity contribution in [2.24, 2.45) is 0 Å². The summed E-state index contributed by atoms with van der Waals surface area (Å²) in [5.41, 5.74) is 0.363. The van der Waals surface area contributed by atoms with Gasteiger partial charge in [0.05, 0.1) is 23.5 Å². The Hall–Kier alpha value is -2.05. The van der Waals surface area contributed by atoms with Crippen LogP contribution in [0.3, 0.4) is 0 Å². The molecule has 0 saturated heterocycles. The fourth-order valence-electron chi connectivity index (χ4n) is 1.76. The molecule has 86 valence electrons. The van der Waals surface area contributed by atoms with Crippen molar-refractivity contribution in [1.82, 2.24) is 0 Å². The highest BCUT2D eigenvalue weighted by Crippen LogP contribution is 2.25. The maximum Gasteiger partial charge on any atom is 0.106 e. The molecule has 0 spiro atoms. The van der Waals surface area contributed by atoms with Crippen molar-refractivity contribution in [3.8, 4) is 6.07 Å². The highest BCUT2D eigenvalue weighted by atomic mass is 16.3. The second kappa shape index (κ2) is 4.44. The third kappa shape index (κ3) is 2.55. The summed E-state index contributed by atoms with van der Waals surface area (Å²) in [6.45, 7) is 1.73. The van der Waals surface area contributed by atoms with E-state index in [0.717, 1.165) is 11.3 Å². The smallest absolute Gasteiger partial charge is 0.106 e. The zero-order chi connectivity index (χ0) is 12.3. The number of furan rings is 1. The van der Waals surface area contributed by atoms with E-state index in [1.807, 2.05) is 6.07 Å². The van der Waals surface area contributed by atoms with Gasteiger partial charge in [0.15, 0.2) is 0 Å². The molecule has 1 heterocycles. The van der Waals surface area contributed by atoms with Gasteiger partial charge < -0.3 is 9.52 Å². The van der Waals surface area contributed by atoms with Crippen molar-refractivity contribution < 1.29 is 9.52 Å². The lowest BCUT2D eigenvalue weighted by molar-refractivity contribution is 0.0521. The average molecular weight is 227 g/mol. The van der Waals surface area contributed by atoms with Gasteiger partial charge in [0, 0.05) is 6.42 Å². The van der Waals surface area contributed by atoms with Crippen LogP contribution in [0.1, 0.15) is 23.8 Å². The second-order valence-electron chi connectivity index (χ2n) is 4.22. The van der Waals surface area contributed by atoms with Gasteiger partial charge in [0.2, 0.25) is 0 Å². The number of nitriles is 1. The van der Waals surface area contributed by atoms with Gasteiger partial charge in [-0.3, -0.25) is 0 Å². The predicted molar refractivity (Wildman–Crippen MR) is 63.1 cm³/mol. The molecule has 3 heteroatoms. The molecular formula is C14H13NO2. The van der Waals surface area contributed by atoms with E-state index in [1.54, 1.807) is 43.5 Å². The molecule has 0 amide bonds. The van der Waals surface area contributed by atoms with Crippen LogP contribution in [0.4, 0.5) is 0 Å². The number of hydrogen-bond acceptors (Lipinski definition) is 3. The van der Waals surface area contributed by atoms with Crippen molar-refractivity contribution in [2.45, 2.75) is 18.9 Å². The number of rotatable bonds is 3. The molecular weight excluding hydrogens is 214 g/mol. The molecule has 0 fully saturated rings. The van der Waals surface area contributed by atoms with Gasteiger partial charge in [0.1, 0.15) is 5.76 Å². The van der Waals surface area contributed by atoms with Gasteiger partial charge in [-0.15, -0.1) is 0 Å². The zero-order valence-corrected chi connectivity index (χ0v) is 9.55. The Labute approximate surface area is 99.9 Å². The summed E-state index contributed by atoms with van der Waals surface area (Å²) in [6.07, 6.45) is 2.00. The standard InChI is InChI=1S/C14H13NO2/c1-14(16,9-13-3-2-8-17-13)12-6-4-11(10-15)5-7-12/h2-8,16H,9H2,1H3. The van der Waals surface area contributed by atoms with E-state index in [0.29, 0.717) is 12.0 Å². The first-order valence-electron chi connectivity index (χ1n) is 5.37. The molecule has 0 radical (unpaired) electrons. The number of nitrogens with zero attached hydrogens (tertiary/aromatic N) is 1. The van der Waals surface area contributed by atoms with Crippen LogP contribution in [-0.2, 0) is 12.0 Å². The Kier molecular flexibility index (Phi) is 2.99. The van der Waals surface area contributed by atoms with Crippen molar-refractivity contribution in [3.05, 3.63) is 59.5 Å². The van der Waals surface area contributed by atoms with Gasteiger partial charge in [-0.2, -0.15) is 5.26 Å². The largest absolute Gasteiger partial charge is 0.469 e. The topological polar surface area (TPSA) is 57.2 Å². The molecule has 1 aromatic carbocycles. The Bertz CT molecular complexity index is 518. The van der Waals surface area contributed by atoms with Crippen LogP contribution in [0.15, 0.2) is 47.1 Å². The minimum atomic E-state index is -0.994. The highest BCUT2D eigenvalue weighted by molar-refractivity contribution is 5.34. The van der Waals surface area contributed by atoms with Gasteiger partial charge in [0.25, 0.3) is 0 Å². The normalized spacial score (nSPS) is 13.9. The summed E-state index contributed by atoms with van der Waals surface area (Å²) in [5.74, 6) is 0.736. The van der Waals surface area contributed by atoms with Crippen LogP contribution in [0.5, 0.6) is 0 Å². The summed E-state index contributed by atoms with van der Waals surface area (Å²) in [6, 6.07) is 12.6. The minimum absolute atomic E-state index is 0.409. The van der Waals surface area contributed by atoms with Crippen LogP contribution >= 0.6 is 0 Å². The summed E-state index contributed by atoms with van der Waals surface area (Å²) >= 11 is 0. The molecule has 0 aliphatic carbocycles. The molecule has 2 rings (SSSR count). The van der Waals surface area contributed by atoms with Gasteiger partial charge in [-0.1, -0.05) is 12.1 Å². The first-order valence-corrected chi connectivity index (χ1v) is 5.37. The molecule has 0 saturated carbocycles. The van der Waals surface area contributed by atoms with E-state index >= 15 is 0 Å². The molecule has 3 nitrogen and oxygen atoms in total. The Morgan fingerprint density at radius 1 is 1.29 bits per heavy atom. The molecule has 0 aliphatic heterocycles. The zero-order valence-electron chi connectivity index (χ0n) is 9.55. The van der Waals surface area contributed by atoms with E-state index in [2.05, 4.69) is 6.07 Å². The van der Waals surface area contributed by atoms with Crippen LogP contribution < -0.4 is 0 Å². The summed E-state index contributed by atoms with van der Waals surface area (Å²) in [4.78, 5) is 0. The first kappa shape index (κ1) is 11.4. The fraction of sp³-hybridized carbons (Fsp3) is 0.214. The molecule has 1 atom stereocenters. The number of aliphatic hydroxyl groups is 1. The Morgan fingerprint density at radius 3 is 2.53 bits per heavy atom. The lowest BCUT2D eigenvalue weighted by Crippen LogP contribution is -2.23. The Morgan fingerprint density at radius 2 is 2.00 bits per heavy atom. The predicted octanol–water partition coefficient (Wildman–Crippen LogP) is 2.60. The molecule has 1 aromatic heterocycles. The lowest BCUT2D eigenvalue weighted by Gasteiger charge is -2.22. The van der Waals surface area contributed by atoms with Gasteiger partial charge in [-0.25, -0.2) is 0 Å². The molecule has 1 N–H and O–H groups in total. The molecule has 0 aliphatic rings. The third-order valence-corrected chi connectivity index (χ3v) is 2.73. The minimum Gasteiger partial charge on any atom is -0.469 e. The first-order chi connectivity index (χ1) is 8.12. The van der Waals surface area contributed by atoms with Gasteiger partial charge >= 0.3 is 0 Å². The second-order valence-corrected chi connectivity index (χ2v) is 4.22. The quantitative estimate of drug-likeness (QED) is 0.876. The van der Waals surface area contributed by atoms with Crippen LogP contribution in [0.2, 0.25) is 0 Å². The van der Waals surface area contributed by atoms with Crippen LogP contribution in [-0.4, -0.2) is 5.11 Å². The van der Waals surface area contributed by atoms with E-state index in [1.165, 1.54) is 0 Å². The summed E-state index contributed by atoms with van der Waals surface area (Å²) in [7, 11) is 0. The summed E-state index contributed by atoms with van der Waals surface area (Å²) < 4.78 is 5.22. The van der Waals surface area contributed by atoms with E-state index in [-0.39, 0.29) is 0 Å². The fourth-order valence-corrected chi connectivity index (χ4v) is 1.76. The molecule has 1 unspecified atom stereocenters. The van der Waals surface area contributed by atoms with E-state index in [4.69, 9.17) is 9.68 Å². The maximum atomic E-state index is 10.4. The number of hydrogen-bond donors (Lipinski definition) is 1. The summed E-state index contributed by atoms with van der Waals surface area (Å²) in [5, 5.41) is 19.1. The van der Waals surface area contributed by atoms with Gasteiger partial charge in [-0.05, 0) is 36.8 Å². The highest BCUT2D eigenvalue weighted by Gasteiger charge is 2.24. The molecule has 2 aromatic rings. The van der Waals surface area contributed by atoms with E-state index < -0.39 is 5.60 Å². The van der Waals surface area contributed by atoms with Crippen LogP contribution in [0.25, 0.3) is 0 Å². The molecule has 17 heavy (non-hydrogen) atoms. The molecule has 0 bridgehead atoms. The van der Waals surface area contributed by atoms with E-state index in [9.17, 15) is 5.11 Å². The third-order valence-electron chi connectivity index (χ3n) is 2.73. The monoisotopic (exact) mass is 227 g/mol. The maximum absolute atomic E-state index is 10.4.